The van der Waals surface area contributed by atoms with Crippen LogP contribution in [0.5, 0.6) is 0 Å². The first-order valence-corrected chi connectivity index (χ1v) is 23.9. The van der Waals surface area contributed by atoms with Crippen LogP contribution in [0, 0.1) is 0 Å². The van der Waals surface area contributed by atoms with Gasteiger partial charge in [0.15, 0.2) is 17.2 Å². The Morgan fingerprint density at radius 1 is 0.386 bits per heavy atom. The minimum absolute atomic E-state index is 0.125. The van der Waals surface area contributed by atoms with Gasteiger partial charge in [0.05, 0.1) is 27.8 Å². The number of para-hydroxylation sites is 3. The maximum absolute atomic E-state index is 6.99. The first-order valence-electron chi connectivity index (χ1n) is 23.9. The molecule has 0 radical (unpaired) electrons. The molecule has 4 aromatic heterocycles. The van der Waals surface area contributed by atoms with Crippen LogP contribution >= 0.6 is 0 Å². The fraction of sp³-hybridized carbons (Fsp3) is 0.0469. The Bertz CT molecular complexity index is 4510. The Morgan fingerprint density at radius 2 is 1.00 bits per heavy atom. The van der Waals surface area contributed by atoms with Crippen molar-refractivity contribution in [1.29, 1.82) is 0 Å². The zero-order chi connectivity index (χ0) is 46.2. The van der Waals surface area contributed by atoms with Crippen LogP contribution < -0.4 is 0 Å². The number of nitrogens with zero attached hydrogens (tertiary/aromatic N) is 5. The second kappa shape index (κ2) is 14.4. The number of aromatic nitrogens is 5. The molecule has 0 spiro atoms. The standard InChI is InChI=1S/C64H41N5O/c1-64(2)52-24-12-8-20-44(52)50-35-42(30-33-53(50)64)62-65-61(39-17-4-3-5-18-39)66-63(67-62)69-55-26-14-10-22-46(55)49-32-31-48-45-21-9-13-25-54(45)68(58(48)59(49)69)56-37-43(41-29-28-38-16-6-7-19-40(38)34-41)36-51-47-23-11-15-27-57(47)70-60(51)56/h3-37H,1-2H3. The summed E-state index contributed by atoms with van der Waals surface area (Å²) in [5.41, 5.74) is 15.8. The van der Waals surface area contributed by atoms with E-state index in [1.165, 1.54) is 33.0 Å². The molecule has 0 saturated heterocycles. The summed E-state index contributed by atoms with van der Waals surface area (Å²) in [7, 11) is 0. The zero-order valence-corrected chi connectivity index (χ0v) is 38.4. The molecule has 0 saturated carbocycles. The van der Waals surface area contributed by atoms with Gasteiger partial charge < -0.3 is 8.98 Å². The topological polar surface area (TPSA) is 61.7 Å². The van der Waals surface area contributed by atoms with Crippen LogP contribution in [0.25, 0.3) is 133 Å². The third-order valence-electron chi connectivity index (χ3n) is 14.9. The van der Waals surface area contributed by atoms with Gasteiger partial charge in [-0.2, -0.15) is 9.97 Å². The molecule has 328 valence electrons. The normalized spacial score (nSPS) is 13.1. The van der Waals surface area contributed by atoms with E-state index in [1.807, 2.05) is 24.3 Å². The number of furan rings is 1. The van der Waals surface area contributed by atoms with E-state index in [-0.39, 0.29) is 5.41 Å². The van der Waals surface area contributed by atoms with Crippen molar-refractivity contribution in [3.63, 3.8) is 0 Å². The van der Waals surface area contributed by atoms with E-state index in [0.29, 0.717) is 17.6 Å². The van der Waals surface area contributed by atoms with Crippen molar-refractivity contribution < 1.29 is 4.42 Å². The van der Waals surface area contributed by atoms with Crippen molar-refractivity contribution in [2.45, 2.75) is 19.3 Å². The summed E-state index contributed by atoms with van der Waals surface area (Å²) in [5, 5.41) is 9.00. The van der Waals surface area contributed by atoms with Gasteiger partial charge in [-0.1, -0.05) is 184 Å². The molecule has 70 heavy (non-hydrogen) atoms. The Labute approximate surface area is 402 Å². The highest BCUT2D eigenvalue weighted by molar-refractivity contribution is 6.24. The van der Waals surface area contributed by atoms with Crippen LogP contribution in [0.15, 0.2) is 217 Å². The lowest BCUT2D eigenvalue weighted by molar-refractivity contribution is 0.660. The van der Waals surface area contributed by atoms with Crippen LogP contribution in [0.3, 0.4) is 0 Å². The highest BCUT2D eigenvalue weighted by Gasteiger charge is 2.35. The van der Waals surface area contributed by atoms with Crippen molar-refractivity contribution in [2.75, 3.05) is 0 Å². The fourth-order valence-electron chi connectivity index (χ4n) is 11.6. The maximum atomic E-state index is 6.99. The minimum atomic E-state index is -0.125. The first kappa shape index (κ1) is 38.9. The van der Waals surface area contributed by atoms with E-state index in [2.05, 4.69) is 211 Å². The number of benzene rings is 10. The molecule has 1 aliphatic carbocycles. The van der Waals surface area contributed by atoms with Gasteiger partial charge in [0.2, 0.25) is 5.95 Å². The van der Waals surface area contributed by atoms with Gasteiger partial charge in [0.25, 0.3) is 0 Å². The summed E-state index contributed by atoms with van der Waals surface area (Å²) in [6, 6.07) is 76.0. The molecule has 6 nitrogen and oxygen atoms in total. The van der Waals surface area contributed by atoms with Gasteiger partial charge in [-0.15, -0.1) is 0 Å². The number of hydrogen-bond acceptors (Lipinski definition) is 4. The summed E-state index contributed by atoms with van der Waals surface area (Å²) in [4.78, 5) is 16.2. The molecule has 0 amide bonds. The highest BCUT2D eigenvalue weighted by atomic mass is 16.3. The molecule has 0 unspecified atom stereocenters. The predicted octanol–water partition coefficient (Wildman–Crippen LogP) is 16.4. The van der Waals surface area contributed by atoms with Gasteiger partial charge in [-0.25, -0.2) is 4.98 Å². The van der Waals surface area contributed by atoms with Crippen molar-refractivity contribution in [3.8, 4) is 56.7 Å². The Hall–Kier alpha value is -9.13. The summed E-state index contributed by atoms with van der Waals surface area (Å²) in [6.07, 6.45) is 0. The monoisotopic (exact) mass is 895 g/mol. The molecule has 4 heterocycles. The lowest BCUT2D eigenvalue weighted by atomic mass is 9.82. The summed E-state index contributed by atoms with van der Waals surface area (Å²) in [5.74, 6) is 1.76. The number of hydrogen-bond donors (Lipinski definition) is 0. The molecular formula is C64H41N5O. The van der Waals surface area contributed by atoms with Crippen molar-refractivity contribution in [1.82, 2.24) is 24.1 Å². The molecule has 1 aliphatic rings. The van der Waals surface area contributed by atoms with E-state index in [9.17, 15) is 0 Å². The smallest absolute Gasteiger partial charge is 0.238 e. The third kappa shape index (κ3) is 5.53. The van der Waals surface area contributed by atoms with Crippen LogP contribution in [0.4, 0.5) is 0 Å². The third-order valence-corrected chi connectivity index (χ3v) is 14.9. The average Bonchev–Trinajstić information content (AvgIpc) is 4.13. The Kier molecular flexibility index (Phi) is 8.03. The van der Waals surface area contributed by atoms with E-state index < -0.39 is 0 Å². The van der Waals surface area contributed by atoms with Crippen molar-refractivity contribution in [2.24, 2.45) is 0 Å². The lowest BCUT2D eigenvalue weighted by Gasteiger charge is -2.21. The second-order valence-corrected chi connectivity index (χ2v) is 19.2. The molecule has 0 fully saturated rings. The van der Waals surface area contributed by atoms with Crippen LogP contribution in [0.1, 0.15) is 25.0 Å². The fourth-order valence-corrected chi connectivity index (χ4v) is 11.6. The average molecular weight is 896 g/mol. The Balaban J connectivity index is 1.06. The first-order chi connectivity index (χ1) is 34.5. The van der Waals surface area contributed by atoms with Gasteiger partial charge >= 0.3 is 0 Å². The van der Waals surface area contributed by atoms with Crippen LogP contribution in [-0.2, 0) is 5.41 Å². The summed E-state index contributed by atoms with van der Waals surface area (Å²) < 4.78 is 11.7. The predicted molar refractivity (Wildman–Crippen MR) is 287 cm³/mol. The van der Waals surface area contributed by atoms with E-state index in [1.54, 1.807) is 0 Å². The maximum Gasteiger partial charge on any atom is 0.238 e. The van der Waals surface area contributed by atoms with E-state index in [0.717, 1.165) is 93.5 Å². The lowest BCUT2D eigenvalue weighted by Crippen LogP contribution is -2.14. The van der Waals surface area contributed by atoms with Crippen LogP contribution in [-0.4, -0.2) is 24.1 Å². The molecule has 0 aliphatic heterocycles. The molecule has 10 aromatic carbocycles. The molecular weight excluding hydrogens is 855 g/mol. The van der Waals surface area contributed by atoms with Gasteiger partial charge in [0.1, 0.15) is 5.58 Å². The second-order valence-electron chi connectivity index (χ2n) is 19.2. The van der Waals surface area contributed by atoms with E-state index in [4.69, 9.17) is 19.4 Å². The Morgan fingerprint density at radius 3 is 1.80 bits per heavy atom. The SMILES string of the molecule is CC1(C)c2ccccc2-c2cc(-c3nc(-c4ccccc4)nc(-n4c5ccccc5c5ccc6c7ccccc7n(-c7cc(-c8ccc9ccccc9c8)cc8c7oc7ccccc78)c6c54)n3)ccc21. The van der Waals surface area contributed by atoms with Crippen molar-refractivity contribution >= 4 is 76.3 Å². The van der Waals surface area contributed by atoms with Crippen LogP contribution in [0.2, 0.25) is 0 Å². The molecule has 15 rings (SSSR count). The molecule has 0 bridgehead atoms. The van der Waals surface area contributed by atoms with E-state index >= 15 is 0 Å². The highest BCUT2D eigenvalue weighted by Crippen LogP contribution is 2.50. The minimum Gasteiger partial charge on any atom is -0.454 e. The van der Waals surface area contributed by atoms with Gasteiger partial charge in [-0.05, 0) is 86.6 Å². The van der Waals surface area contributed by atoms with Crippen molar-refractivity contribution in [3.05, 3.63) is 223 Å². The number of rotatable bonds is 5. The number of fused-ring (bicyclic) bond motifs is 14. The van der Waals surface area contributed by atoms with Gasteiger partial charge in [-0.3, -0.25) is 4.57 Å². The largest absolute Gasteiger partial charge is 0.454 e. The summed E-state index contributed by atoms with van der Waals surface area (Å²) in [6.45, 7) is 4.63. The molecule has 14 aromatic rings. The van der Waals surface area contributed by atoms with Gasteiger partial charge in [0, 0.05) is 48.9 Å². The summed E-state index contributed by atoms with van der Waals surface area (Å²) >= 11 is 0. The molecule has 0 atom stereocenters. The molecule has 0 N–H and O–H groups in total. The quantitative estimate of drug-likeness (QED) is 0.173. The zero-order valence-electron chi connectivity index (χ0n) is 38.4. The molecule has 6 heteroatoms.